The Balaban J connectivity index is 1.20. The summed E-state index contributed by atoms with van der Waals surface area (Å²) in [6.45, 7) is 9.40. The van der Waals surface area contributed by atoms with Crippen molar-refractivity contribution in [1.29, 1.82) is 0 Å². The summed E-state index contributed by atoms with van der Waals surface area (Å²) in [4.78, 5) is 39.8. The van der Waals surface area contributed by atoms with Crippen LogP contribution in [0.15, 0.2) is 24.3 Å². The number of benzene rings is 1. The minimum atomic E-state index is -0.435. The predicted molar refractivity (Wildman–Crippen MR) is 122 cm³/mol. The van der Waals surface area contributed by atoms with E-state index in [1.54, 1.807) is 0 Å². The number of rotatable bonds is 4. The number of piperidine rings is 2. The van der Waals surface area contributed by atoms with E-state index in [0.29, 0.717) is 24.7 Å². The lowest BCUT2D eigenvalue weighted by Crippen LogP contribution is -2.52. The van der Waals surface area contributed by atoms with Crippen molar-refractivity contribution in [3.8, 4) is 0 Å². The number of ether oxygens (including phenoxy) is 1. The van der Waals surface area contributed by atoms with Gasteiger partial charge in [0.05, 0.1) is 5.92 Å². The molecule has 3 amide bonds. The van der Waals surface area contributed by atoms with Gasteiger partial charge in [-0.2, -0.15) is 0 Å². The smallest absolute Gasteiger partial charge is 0.410 e. The van der Waals surface area contributed by atoms with Crippen LogP contribution >= 0.6 is 0 Å². The van der Waals surface area contributed by atoms with Gasteiger partial charge in [-0.1, -0.05) is 12.1 Å². The van der Waals surface area contributed by atoms with E-state index in [1.807, 2.05) is 37.8 Å². The van der Waals surface area contributed by atoms with E-state index in [1.165, 1.54) is 12.1 Å². The topological polar surface area (TPSA) is 79.0 Å². The lowest BCUT2D eigenvalue weighted by atomic mass is 9.83. The Labute approximate surface area is 190 Å². The largest absolute Gasteiger partial charge is 0.444 e. The zero-order valence-corrected chi connectivity index (χ0v) is 19.4. The SMILES string of the molecule is CC(C)(C)OC(=O)N1CC(CC2CCN(c3ccc(C4CCC(=O)NC4=O)cc3)CC2)C1. The fourth-order valence-electron chi connectivity index (χ4n) is 5.02. The van der Waals surface area contributed by atoms with Gasteiger partial charge in [0.1, 0.15) is 5.60 Å². The van der Waals surface area contributed by atoms with Crippen LogP contribution in [0.4, 0.5) is 10.5 Å². The highest BCUT2D eigenvalue weighted by atomic mass is 16.6. The number of imide groups is 1. The first-order chi connectivity index (χ1) is 15.2. The standard InChI is InChI=1S/C25H35N3O4/c1-25(2,3)32-24(31)28-15-18(16-28)14-17-10-12-27(13-11-17)20-6-4-19(5-7-20)21-8-9-22(29)26-23(21)30/h4-7,17-18,21H,8-16H2,1-3H3,(H,26,29,30). The van der Waals surface area contributed by atoms with Crippen molar-refractivity contribution in [2.45, 2.75) is 64.4 Å². The van der Waals surface area contributed by atoms with Crippen LogP contribution in [0.2, 0.25) is 0 Å². The van der Waals surface area contributed by atoms with E-state index in [2.05, 4.69) is 22.3 Å². The predicted octanol–water partition coefficient (Wildman–Crippen LogP) is 3.68. The van der Waals surface area contributed by atoms with Gasteiger partial charge in [-0.25, -0.2) is 4.79 Å². The molecule has 1 unspecified atom stereocenters. The summed E-state index contributed by atoms with van der Waals surface area (Å²) in [6.07, 6.45) is 4.31. The second kappa shape index (κ2) is 9.12. The van der Waals surface area contributed by atoms with Gasteiger partial charge < -0.3 is 14.5 Å². The number of carbonyl (C=O) groups is 3. The Kier molecular flexibility index (Phi) is 6.45. The van der Waals surface area contributed by atoms with E-state index in [0.717, 1.165) is 44.6 Å². The molecule has 3 saturated heterocycles. The molecule has 3 heterocycles. The molecule has 4 rings (SSSR count). The van der Waals surface area contributed by atoms with Crippen LogP contribution in [0.5, 0.6) is 0 Å². The van der Waals surface area contributed by atoms with Gasteiger partial charge in [-0.3, -0.25) is 14.9 Å². The van der Waals surface area contributed by atoms with Gasteiger partial charge in [-0.15, -0.1) is 0 Å². The number of anilines is 1. The van der Waals surface area contributed by atoms with E-state index >= 15 is 0 Å². The molecule has 7 nitrogen and oxygen atoms in total. The fraction of sp³-hybridized carbons (Fsp3) is 0.640. The highest BCUT2D eigenvalue weighted by Gasteiger charge is 2.35. The molecule has 3 aliphatic rings. The van der Waals surface area contributed by atoms with Gasteiger partial charge in [0.25, 0.3) is 0 Å². The molecule has 0 spiro atoms. The molecular weight excluding hydrogens is 406 g/mol. The number of hydrogen-bond donors (Lipinski definition) is 1. The van der Waals surface area contributed by atoms with E-state index in [9.17, 15) is 14.4 Å². The monoisotopic (exact) mass is 441 g/mol. The fourth-order valence-corrected chi connectivity index (χ4v) is 5.02. The summed E-state index contributed by atoms with van der Waals surface area (Å²) >= 11 is 0. The van der Waals surface area contributed by atoms with Crippen molar-refractivity contribution < 1.29 is 19.1 Å². The maximum atomic E-state index is 12.1. The zero-order chi connectivity index (χ0) is 22.9. The molecule has 7 heteroatoms. The molecule has 174 valence electrons. The van der Waals surface area contributed by atoms with Gasteiger partial charge in [0.15, 0.2) is 0 Å². The molecular formula is C25H35N3O4. The van der Waals surface area contributed by atoms with Gasteiger partial charge in [-0.05, 0) is 76.0 Å². The third-order valence-corrected chi connectivity index (χ3v) is 6.79. The molecule has 0 radical (unpaired) electrons. The van der Waals surface area contributed by atoms with Crippen LogP contribution in [0.3, 0.4) is 0 Å². The van der Waals surface area contributed by atoms with Crippen molar-refractivity contribution >= 4 is 23.6 Å². The summed E-state index contributed by atoms with van der Waals surface area (Å²) in [7, 11) is 0. The molecule has 1 aromatic rings. The highest BCUT2D eigenvalue weighted by Crippen LogP contribution is 2.32. The van der Waals surface area contributed by atoms with Crippen LogP contribution in [-0.2, 0) is 14.3 Å². The second-order valence-electron chi connectivity index (χ2n) is 10.5. The number of carbonyl (C=O) groups excluding carboxylic acids is 3. The Bertz CT molecular complexity index is 847. The zero-order valence-electron chi connectivity index (χ0n) is 19.4. The number of likely N-dealkylation sites (tertiary alicyclic amines) is 1. The molecule has 0 aliphatic carbocycles. The Morgan fingerprint density at radius 2 is 1.69 bits per heavy atom. The van der Waals surface area contributed by atoms with E-state index < -0.39 is 5.60 Å². The first-order valence-electron chi connectivity index (χ1n) is 11.8. The maximum absolute atomic E-state index is 12.1. The van der Waals surface area contributed by atoms with E-state index in [4.69, 9.17) is 4.74 Å². The van der Waals surface area contributed by atoms with Crippen molar-refractivity contribution in [2.24, 2.45) is 11.8 Å². The third kappa shape index (κ3) is 5.43. The van der Waals surface area contributed by atoms with Crippen LogP contribution < -0.4 is 10.2 Å². The van der Waals surface area contributed by atoms with Gasteiger partial charge in [0.2, 0.25) is 11.8 Å². The number of nitrogens with zero attached hydrogens (tertiary/aromatic N) is 2. The lowest BCUT2D eigenvalue weighted by molar-refractivity contribution is -0.134. The van der Waals surface area contributed by atoms with Crippen LogP contribution in [0.25, 0.3) is 0 Å². The normalized spacial score (nSPS) is 23.0. The van der Waals surface area contributed by atoms with Crippen molar-refractivity contribution in [2.75, 3.05) is 31.1 Å². The third-order valence-electron chi connectivity index (χ3n) is 6.79. The van der Waals surface area contributed by atoms with Crippen molar-refractivity contribution in [3.05, 3.63) is 29.8 Å². The summed E-state index contributed by atoms with van der Waals surface area (Å²) in [5, 5.41) is 2.44. The van der Waals surface area contributed by atoms with Crippen molar-refractivity contribution in [1.82, 2.24) is 10.2 Å². The molecule has 3 aliphatic heterocycles. The number of amides is 3. The molecule has 0 bridgehead atoms. The van der Waals surface area contributed by atoms with Gasteiger partial charge >= 0.3 is 6.09 Å². The summed E-state index contributed by atoms with van der Waals surface area (Å²) < 4.78 is 5.44. The van der Waals surface area contributed by atoms with Gasteiger partial charge in [0, 0.05) is 38.3 Å². The summed E-state index contributed by atoms with van der Waals surface area (Å²) in [6, 6.07) is 8.26. The molecule has 3 fully saturated rings. The molecule has 0 aromatic heterocycles. The molecule has 1 aromatic carbocycles. The summed E-state index contributed by atoms with van der Waals surface area (Å²) in [5.74, 6) is 0.711. The Morgan fingerprint density at radius 1 is 1.03 bits per heavy atom. The van der Waals surface area contributed by atoms with Crippen LogP contribution in [0, 0.1) is 11.8 Å². The first-order valence-corrected chi connectivity index (χ1v) is 11.8. The van der Waals surface area contributed by atoms with Crippen LogP contribution in [-0.4, -0.2) is 54.6 Å². The quantitative estimate of drug-likeness (QED) is 0.721. The summed E-state index contributed by atoms with van der Waals surface area (Å²) in [5.41, 5.74) is 1.74. The van der Waals surface area contributed by atoms with Crippen molar-refractivity contribution in [3.63, 3.8) is 0 Å². The van der Waals surface area contributed by atoms with Crippen LogP contribution in [0.1, 0.15) is 64.4 Å². The number of nitrogens with one attached hydrogen (secondary N) is 1. The first kappa shape index (κ1) is 22.6. The average molecular weight is 442 g/mol. The van der Waals surface area contributed by atoms with E-state index in [-0.39, 0.29) is 23.8 Å². The lowest BCUT2D eigenvalue weighted by Gasteiger charge is -2.42. The highest BCUT2D eigenvalue weighted by molar-refractivity contribution is 6.00. The minimum Gasteiger partial charge on any atom is -0.444 e. The Morgan fingerprint density at radius 3 is 2.28 bits per heavy atom. The number of hydrogen-bond acceptors (Lipinski definition) is 5. The molecule has 1 atom stereocenters. The Hall–Kier alpha value is -2.57. The second-order valence-corrected chi connectivity index (χ2v) is 10.5. The molecule has 32 heavy (non-hydrogen) atoms. The molecule has 0 saturated carbocycles. The average Bonchev–Trinajstić information content (AvgIpc) is 2.70. The maximum Gasteiger partial charge on any atom is 0.410 e. The minimum absolute atomic E-state index is 0.176. The molecule has 1 N–H and O–H groups in total.